The molecule has 1 saturated heterocycles. The Labute approximate surface area is 139 Å². The second-order valence-corrected chi connectivity index (χ2v) is 7.21. The first-order valence-electron chi connectivity index (χ1n) is 8.05. The summed E-state index contributed by atoms with van der Waals surface area (Å²) in [4.78, 5) is 17.9. The Morgan fingerprint density at radius 2 is 1.87 bits per heavy atom. The van der Waals surface area contributed by atoms with E-state index in [1.54, 1.807) is 23.5 Å². The number of hydrogen-bond acceptors (Lipinski definition) is 3. The number of carbonyl (C=O) groups is 1. The molecule has 2 heterocycles. The zero-order valence-electron chi connectivity index (χ0n) is 12.8. The molecule has 2 fully saturated rings. The highest BCUT2D eigenvalue weighted by molar-refractivity contribution is 7.10. The molecule has 1 aliphatic heterocycles. The number of halogens is 1. The van der Waals surface area contributed by atoms with Crippen LogP contribution < -0.4 is 4.90 Å². The van der Waals surface area contributed by atoms with Gasteiger partial charge in [-0.1, -0.05) is 18.2 Å². The van der Waals surface area contributed by atoms with Crippen LogP contribution in [0.15, 0.2) is 41.8 Å². The lowest BCUT2D eigenvalue weighted by Crippen LogP contribution is -2.49. The lowest BCUT2D eigenvalue weighted by Gasteiger charge is -2.36. The summed E-state index contributed by atoms with van der Waals surface area (Å²) in [5, 5.41) is 2.07. The molecule has 23 heavy (non-hydrogen) atoms. The van der Waals surface area contributed by atoms with Crippen molar-refractivity contribution in [2.75, 3.05) is 31.1 Å². The Balaban J connectivity index is 1.35. The van der Waals surface area contributed by atoms with Gasteiger partial charge in [-0.15, -0.1) is 11.3 Å². The lowest BCUT2D eigenvalue weighted by atomic mass is 10.2. The minimum Gasteiger partial charge on any atom is -0.366 e. The number of hydrogen-bond donors (Lipinski definition) is 0. The molecule has 0 spiro atoms. The highest BCUT2D eigenvalue weighted by Gasteiger charge is 2.46. The van der Waals surface area contributed by atoms with Crippen molar-refractivity contribution in [3.8, 4) is 0 Å². The molecule has 2 aromatic rings. The number of para-hydroxylation sites is 1. The van der Waals surface area contributed by atoms with Crippen LogP contribution in [0, 0.1) is 11.7 Å². The molecule has 1 aromatic carbocycles. The van der Waals surface area contributed by atoms with Crippen LogP contribution in [0.2, 0.25) is 0 Å². The Hall–Kier alpha value is -1.88. The average molecular weight is 330 g/mol. The number of rotatable bonds is 3. The van der Waals surface area contributed by atoms with Crippen molar-refractivity contribution in [3.05, 3.63) is 52.5 Å². The maximum atomic E-state index is 13.9. The quantitative estimate of drug-likeness (QED) is 0.862. The number of amides is 1. The summed E-state index contributed by atoms with van der Waals surface area (Å²) >= 11 is 1.74. The highest BCUT2D eigenvalue weighted by Crippen LogP contribution is 2.50. The number of thiophene rings is 1. The molecular weight excluding hydrogens is 311 g/mol. The number of piperazine rings is 1. The largest absolute Gasteiger partial charge is 0.366 e. The van der Waals surface area contributed by atoms with E-state index in [9.17, 15) is 9.18 Å². The molecule has 0 N–H and O–H groups in total. The van der Waals surface area contributed by atoms with Gasteiger partial charge in [0.05, 0.1) is 5.69 Å². The molecule has 1 aliphatic carbocycles. The highest BCUT2D eigenvalue weighted by atomic mass is 32.1. The normalized spacial score (nSPS) is 23.9. The van der Waals surface area contributed by atoms with Gasteiger partial charge in [0.1, 0.15) is 5.82 Å². The summed E-state index contributed by atoms with van der Waals surface area (Å²) in [5.41, 5.74) is 0.641. The van der Waals surface area contributed by atoms with Gasteiger partial charge in [0.2, 0.25) is 5.91 Å². The predicted molar refractivity (Wildman–Crippen MR) is 90.4 cm³/mol. The summed E-state index contributed by atoms with van der Waals surface area (Å²) in [6.45, 7) is 2.76. The van der Waals surface area contributed by atoms with Crippen molar-refractivity contribution < 1.29 is 9.18 Å². The van der Waals surface area contributed by atoms with Gasteiger partial charge < -0.3 is 9.80 Å². The van der Waals surface area contributed by atoms with E-state index < -0.39 is 0 Å². The third-order valence-electron chi connectivity index (χ3n) is 4.80. The summed E-state index contributed by atoms with van der Waals surface area (Å²) < 4.78 is 13.9. The molecule has 2 atom stereocenters. The zero-order valence-corrected chi connectivity index (χ0v) is 13.6. The van der Waals surface area contributed by atoms with E-state index in [0.29, 0.717) is 37.8 Å². The molecule has 4 rings (SSSR count). The molecule has 0 radical (unpaired) electrons. The molecule has 1 aromatic heterocycles. The van der Waals surface area contributed by atoms with Crippen LogP contribution >= 0.6 is 11.3 Å². The van der Waals surface area contributed by atoms with E-state index in [4.69, 9.17) is 0 Å². The van der Waals surface area contributed by atoms with Crippen LogP contribution in [0.25, 0.3) is 0 Å². The first-order chi connectivity index (χ1) is 11.2. The number of carbonyl (C=O) groups excluding carboxylic acids is 1. The minimum atomic E-state index is -0.188. The van der Waals surface area contributed by atoms with Crippen molar-refractivity contribution in [1.82, 2.24) is 4.90 Å². The summed E-state index contributed by atoms with van der Waals surface area (Å²) in [6, 6.07) is 11.0. The third-order valence-corrected chi connectivity index (χ3v) is 5.80. The Bertz CT molecular complexity index is 695. The smallest absolute Gasteiger partial charge is 0.226 e. The molecule has 2 unspecified atom stereocenters. The van der Waals surface area contributed by atoms with E-state index >= 15 is 0 Å². The predicted octanol–water partition coefficient (Wildman–Crippen LogP) is 3.34. The summed E-state index contributed by atoms with van der Waals surface area (Å²) in [5.74, 6) is 0.671. The van der Waals surface area contributed by atoms with Gasteiger partial charge in [-0.2, -0.15) is 0 Å². The molecular formula is C18H19FN2OS. The van der Waals surface area contributed by atoms with Crippen molar-refractivity contribution in [2.24, 2.45) is 5.92 Å². The van der Waals surface area contributed by atoms with Crippen LogP contribution in [0.4, 0.5) is 10.1 Å². The van der Waals surface area contributed by atoms with Crippen molar-refractivity contribution in [1.29, 1.82) is 0 Å². The Morgan fingerprint density at radius 3 is 2.57 bits per heavy atom. The van der Waals surface area contributed by atoms with Gasteiger partial charge in [0.25, 0.3) is 0 Å². The topological polar surface area (TPSA) is 23.6 Å². The molecule has 3 nitrogen and oxygen atoms in total. The van der Waals surface area contributed by atoms with E-state index in [1.165, 1.54) is 10.9 Å². The van der Waals surface area contributed by atoms with E-state index in [0.717, 1.165) is 6.42 Å². The molecule has 0 bridgehead atoms. The zero-order chi connectivity index (χ0) is 15.8. The molecule has 1 amide bonds. The van der Waals surface area contributed by atoms with Crippen LogP contribution in [0.5, 0.6) is 0 Å². The monoisotopic (exact) mass is 330 g/mol. The summed E-state index contributed by atoms with van der Waals surface area (Å²) in [7, 11) is 0. The van der Waals surface area contributed by atoms with Crippen LogP contribution in [-0.2, 0) is 4.79 Å². The van der Waals surface area contributed by atoms with Gasteiger partial charge >= 0.3 is 0 Å². The fourth-order valence-electron chi connectivity index (χ4n) is 3.40. The first kappa shape index (κ1) is 14.7. The number of nitrogens with zero attached hydrogens (tertiary/aromatic N) is 2. The van der Waals surface area contributed by atoms with Gasteiger partial charge in [-0.3, -0.25) is 4.79 Å². The average Bonchev–Trinajstić information content (AvgIpc) is 3.20. The fourth-order valence-corrected chi connectivity index (χ4v) is 4.30. The second kappa shape index (κ2) is 5.96. The maximum Gasteiger partial charge on any atom is 0.226 e. The fraction of sp³-hybridized carbons (Fsp3) is 0.389. The third kappa shape index (κ3) is 2.85. The van der Waals surface area contributed by atoms with Crippen molar-refractivity contribution in [3.63, 3.8) is 0 Å². The molecule has 5 heteroatoms. The second-order valence-electron chi connectivity index (χ2n) is 6.23. The van der Waals surface area contributed by atoms with Crippen LogP contribution in [0.1, 0.15) is 17.2 Å². The number of anilines is 1. The minimum absolute atomic E-state index is 0.161. The molecule has 2 aliphatic rings. The van der Waals surface area contributed by atoms with Crippen molar-refractivity contribution in [2.45, 2.75) is 12.3 Å². The molecule has 1 saturated carbocycles. The SMILES string of the molecule is O=C(C1CC1c1cccs1)N1CCN(c2ccccc2F)CC1. The van der Waals surface area contributed by atoms with Gasteiger partial charge in [-0.25, -0.2) is 4.39 Å². The Kier molecular flexibility index (Phi) is 3.81. The van der Waals surface area contributed by atoms with Gasteiger partial charge in [0.15, 0.2) is 0 Å². The maximum absolute atomic E-state index is 13.9. The van der Waals surface area contributed by atoms with Crippen LogP contribution in [-0.4, -0.2) is 37.0 Å². The molecule has 120 valence electrons. The van der Waals surface area contributed by atoms with Crippen molar-refractivity contribution >= 4 is 22.9 Å². The summed E-state index contributed by atoms with van der Waals surface area (Å²) in [6.07, 6.45) is 0.979. The number of benzene rings is 1. The lowest BCUT2D eigenvalue weighted by molar-refractivity contribution is -0.132. The Morgan fingerprint density at radius 1 is 1.09 bits per heavy atom. The van der Waals surface area contributed by atoms with E-state index in [-0.39, 0.29) is 17.6 Å². The standard InChI is InChI=1S/C18H19FN2OS/c19-15-4-1-2-5-16(15)20-7-9-21(10-8-20)18(22)14-12-13(14)17-6-3-11-23-17/h1-6,11,13-14H,7-10,12H2. The van der Waals surface area contributed by atoms with Gasteiger partial charge in [0, 0.05) is 42.9 Å². The van der Waals surface area contributed by atoms with E-state index in [2.05, 4.69) is 11.4 Å². The first-order valence-corrected chi connectivity index (χ1v) is 8.93. The van der Waals surface area contributed by atoms with Crippen LogP contribution in [0.3, 0.4) is 0 Å². The van der Waals surface area contributed by atoms with E-state index in [1.807, 2.05) is 21.9 Å². The van der Waals surface area contributed by atoms with Gasteiger partial charge in [-0.05, 0) is 30.0 Å².